The molecule has 0 aliphatic carbocycles. The summed E-state index contributed by atoms with van der Waals surface area (Å²) >= 11 is 0.986. The summed E-state index contributed by atoms with van der Waals surface area (Å²) in [6.45, 7) is 1.57. The number of rotatable bonds is 6. The monoisotopic (exact) mass is 373 g/mol. The first kappa shape index (κ1) is 18.1. The van der Waals surface area contributed by atoms with E-state index in [9.17, 15) is 18.8 Å². The summed E-state index contributed by atoms with van der Waals surface area (Å²) in [5.41, 5.74) is 1.26. The largest absolute Gasteiger partial charge is 0.485 e. The Morgan fingerprint density at radius 3 is 2.35 bits per heavy atom. The molecule has 0 aromatic heterocycles. The zero-order valence-electron chi connectivity index (χ0n) is 14.0. The van der Waals surface area contributed by atoms with Gasteiger partial charge in [-0.3, -0.25) is 19.7 Å². The van der Waals surface area contributed by atoms with Gasteiger partial charge in [0.1, 0.15) is 16.3 Å². The predicted molar refractivity (Wildman–Crippen MR) is 95.9 cm³/mol. The molecule has 134 valence electrons. The molecule has 1 aliphatic rings. The van der Waals surface area contributed by atoms with Gasteiger partial charge in [-0.1, -0.05) is 12.1 Å². The van der Waals surface area contributed by atoms with Crippen LogP contribution in [-0.4, -0.2) is 28.3 Å². The summed E-state index contributed by atoms with van der Waals surface area (Å²) in [5, 5.41) is 1.95. The van der Waals surface area contributed by atoms with Crippen molar-refractivity contribution in [3.63, 3.8) is 0 Å². The summed E-state index contributed by atoms with van der Waals surface area (Å²) in [7, 11) is 0. The number of amides is 2. The maximum absolute atomic E-state index is 12.9. The van der Waals surface area contributed by atoms with Gasteiger partial charge in [-0.25, -0.2) is 4.39 Å². The van der Waals surface area contributed by atoms with Crippen LogP contribution in [0.3, 0.4) is 0 Å². The molecule has 5 nitrogen and oxygen atoms in total. The molecule has 2 amide bonds. The van der Waals surface area contributed by atoms with Crippen molar-refractivity contribution >= 4 is 28.7 Å². The summed E-state index contributed by atoms with van der Waals surface area (Å²) in [5.74, 6) is -0.437. The van der Waals surface area contributed by atoms with Crippen molar-refractivity contribution in [3.05, 3.63) is 65.5 Å². The van der Waals surface area contributed by atoms with Crippen LogP contribution in [0.1, 0.15) is 22.8 Å². The molecule has 3 rings (SSSR count). The highest BCUT2D eigenvalue weighted by atomic mass is 32.2. The van der Waals surface area contributed by atoms with Crippen molar-refractivity contribution in [2.24, 2.45) is 0 Å². The van der Waals surface area contributed by atoms with Crippen molar-refractivity contribution in [3.8, 4) is 5.75 Å². The average molecular weight is 373 g/mol. The lowest BCUT2D eigenvalue weighted by molar-refractivity contribution is -0.121. The number of halogens is 1. The number of nitrogens with one attached hydrogen (secondary N) is 1. The lowest BCUT2D eigenvalue weighted by atomic mass is 9.99. The summed E-state index contributed by atoms with van der Waals surface area (Å²) in [4.78, 5) is 35.2. The van der Waals surface area contributed by atoms with Crippen LogP contribution < -0.4 is 10.1 Å². The molecule has 0 spiro atoms. The van der Waals surface area contributed by atoms with Gasteiger partial charge >= 0.3 is 0 Å². The molecule has 1 N–H and O–H groups in total. The van der Waals surface area contributed by atoms with Gasteiger partial charge < -0.3 is 4.74 Å². The number of thioether (sulfide) groups is 1. The highest BCUT2D eigenvalue weighted by Crippen LogP contribution is 2.34. The summed E-state index contributed by atoms with van der Waals surface area (Å²) in [6.07, 6.45) is 0.407. The minimum atomic E-state index is -0.821. The highest BCUT2D eigenvalue weighted by Gasteiger charge is 2.43. The van der Waals surface area contributed by atoms with Gasteiger partial charge in [-0.05, 0) is 67.1 Å². The number of carbonyl (C=O) groups is 3. The van der Waals surface area contributed by atoms with Crippen LogP contribution in [-0.2, 0) is 11.2 Å². The molecule has 1 aliphatic heterocycles. The molecular weight excluding hydrogens is 357 g/mol. The smallest absolute Gasteiger partial charge is 0.286 e. The molecule has 0 saturated carbocycles. The number of ketones is 1. The molecule has 7 heteroatoms. The normalized spacial score (nSPS) is 19.3. The van der Waals surface area contributed by atoms with Crippen LogP contribution >= 0.6 is 11.8 Å². The van der Waals surface area contributed by atoms with Crippen molar-refractivity contribution in [2.75, 3.05) is 6.61 Å². The van der Waals surface area contributed by atoms with Gasteiger partial charge in [-0.15, -0.1) is 0 Å². The van der Waals surface area contributed by atoms with Crippen molar-refractivity contribution in [1.82, 2.24) is 5.32 Å². The van der Waals surface area contributed by atoms with Gasteiger partial charge in [0.2, 0.25) is 5.91 Å². The second-order valence-electron chi connectivity index (χ2n) is 6.11. The van der Waals surface area contributed by atoms with E-state index < -0.39 is 10.6 Å². The van der Waals surface area contributed by atoms with Crippen LogP contribution in [0.25, 0.3) is 0 Å². The molecule has 1 atom stereocenters. The van der Waals surface area contributed by atoms with Gasteiger partial charge in [-0.2, -0.15) is 0 Å². The van der Waals surface area contributed by atoms with Crippen LogP contribution in [0.2, 0.25) is 0 Å². The first-order chi connectivity index (χ1) is 12.4. The Bertz CT molecular complexity index is 851. The lowest BCUT2D eigenvalue weighted by Gasteiger charge is -2.18. The van der Waals surface area contributed by atoms with E-state index in [1.54, 1.807) is 31.2 Å². The minimum absolute atomic E-state index is 0.157. The summed E-state index contributed by atoms with van der Waals surface area (Å²) < 4.78 is 17.5. The van der Waals surface area contributed by atoms with Crippen molar-refractivity contribution in [1.29, 1.82) is 0 Å². The topological polar surface area (TPSA) is 72.5 Å². The van der Waals surface area contributed by atoms with E-state index >= 15 is 0 Å². The molecule has 2 aromatic carbocycles. The van der Waals surface area contributed by atoms with Gasteiger partial charge in [0.05, 0.1) is 0 Å². The van der Waals surface area contributed by atoms with Crippen molar-refractivity contribution < 1.29 is 23.5 Å². The quantitative estimate of drug-likeness (QED) is 0.786. The van der Waals surface area contributed by atoms with Gasteiger partial charge in [0.25, 0.3) is 5.24 Å². The molecule has 1 saturated heterocycles. The fourth-order valence-electron chi connectivity index (χ4n) is 2.58. The predicted octanol–water partition coefficient (Wildman–Crippen LogP) is 3.37. The maximum Gasteiger partial charge on any atom is 0.286 e. The Kier molecular flexibility index (Phi) is 5.08. The number of Topliss-reactive ketones (excluding diaryl/α,β-unsaturated/α-hetero) is 1. The maximum atomic E-state index is 12.9. The molecule has 1 unspecified atom stereocenters. The van der Waals surface area contributed by atoms with Crippen LogP contribution in [0, 0.1) is 5.82 Å². The van der Waals surface area contributed by atoms with Crippen LogP contribution in [0.4, 0.5) is 9.18 Å². The van der Waals surface area contributed by atoms with E-state index in [0.717, 1.165) is 17.3 Å². The van der Waals surface area contributed by atoms with E-state index in [-0.39, 0.29) is 23.5 Å². The summed E-state index contributed by atoms with van der Waals surface area (Å²) in [6, 6.07) is 12.3. The molecular formula is C19H16FNO4S. The van der Waals surface area contributed by atoms with Gasteiger partial charge in [0.15, 0.2) is 12.4 Å². The third kappa shape index (κ3) is 4.11. The molecule has 1 heterocycles. The number of hydrogen-bond acceptors (Lipinski definition) is 5. The third-order valence-electron chi connectivity index (χ3n) is 4.01. The molecule has 0 bridgehead atoms. The number of ether oxygens (including phenoxy) is 1. The van der Waals surface area contributed by atoms with E-state index in [4.69, 9.17) is 4.74 Å². The Morgan fingerprint density at radius 2 is 1.77 bits per heavy atom. The van der Waals surface area contributed by atoms with E-state index in [1.165, 1.54) is 24.3 Å². The van der Waals surface area contributed by atoms with Crippen molar-refractivity contribution in [2.45, 2.75) is 18.1 Å². The molecule has 26 heavy (non-hydrogen) atoms. The zero-order chi connectivity index (χ0) is 18.7. The molecule has 2 aromatic rings. The Labute approximate surface area is 153 Å². The minimum Gasteiger partial charge on any atom is -0.485 e. The lowest BCUT2D eigenvalue weighted by Crippen LogP contribution is -2.35. The third-order valence-corrected chi connectivity index (χ3v) is 5.08. The van der Waals surface area contributed by atoms with E-state index in [1.807, 2.05) is 0 Å². The second-order valence-corrected chi connectivity index (χ2v) is 7.59. The van der Waals surface area contributed by atoms with Gasteiger partial charge in [0, 0.05) is 5.56 Å². The standard InChI is InChI=1S/C19H16FNO4S/c1-19(17(23)21-18(24)26-19)10-12-2-8-15(9-3-12)25-11-16(22)13-4-6-14(20)7-5-13/h2-9H,10-11H2,1H3,(H,21,23,24). The van der Waals surface area contributed by atoms with E-state index in [2.05, 4.69) is 5.32 Å². The Hall–Kier alpha value is -2.67. The Morgan fingerprint density at radius 1 is 1.12 bits per heavy atom. The van der Waals surface area contributed by atoms with E-state index in [0.29, 0.717) is 17.7 Å². The fourth-order valence-corrected chi connectivity index (χ4v) is 3.51. The second kappa shape index (κ2) is 7.29. The molecule has 0 radical (unpaired) electrons. The number of imide groups is 1. The van der Waals surface area contributed by atoms with Crippen LogP contribution in [0.5, 0.6) is 5.75 Å². The first-order valence-electron chi connectivity index (χ1n) is 7.91. The Balaban J connectivity index is 1.58. The zero-order valence-corrected chi connectivity index (χ0v) is 14.8. The number of carbonyl (C=O) groups excluding carboxylic acids is 3. The average Bonchev–Trinajstić information content (AvgIpc) is 2.86. The number of benzene rings is 2. The SMILES string of the molecule is CC1(Cc2ccc(OCC(=O)c3ccc(F)cc3)cc2)SC(=O)NC1=O. The first-order valence-corrected chi connectivity index (χ1v) is 8.72. The number of hydrogen-bond donors (Lipinski definition) is 1. The molecule has 1 fully saturated rings. The fraction of sp³-hybridized carbons (Fsp3) is 0.211. The van der Waals surface area contributed by atoms with Crippen LogP contribution in [0.15, 0.2) is 48.5 Å². The highest BCUT2D eigenvalue weighted by molar-refractivity contribution is 8.16.